The molecule has 0 atom stereocenters. The standard InChI is InChI=1S/C38H37N5O3/c1-25-12-18-34(28(4)33(25)24-46-35-11-8-10-32-26(2)21-27(3)42-38(32)35)43(5)37(45)23-41-36(44)19-14-29-13-15-31(40-22-29)17-16-30-9-6-7-20-39-30/h6-22H,23-24H2,1-5H3,(H,41,44)/b17-16+,19-14+. The van der Waals surface area contributed by atoms with Crippen molar-refractivity contribution >= 4 is 46.6 Å². The quantitative estimate of drug-likeness (QED) is 0.175. The number of nitrogens with one attached hydrogen (secondary N) is 1. The summed E-state index contributed by atoms with van der Waals surface area (Å²) >= 11 is 0. The normalized spacial score (nSPS) is 11.3. The van der Waals surface area contributed by atoms with E-state index in [2.05, 4.69) is 34.3 Å². The molecular formula is C38H37N5O3. The van der Waals surface area contributed by atoms with Crippen LogP contribution in [-0.2, 0) is 16.2 Å². The number of amides is 2. The zero-order chi connectivity index (χ0) is 32.6. The van der Waals surface area contributed by atoms with E-state index in [0.29, 0.717) is 6.61 Å². The molecule has 5 rings (SSSR count). The number of fused-ring (bicyclic) bond motifs is 1. The molecular weight excluding hydrogens is 574 g/mol. The number of carbonyl (C=O) groups is 2. The number of carbonyl (C=O) groups excluding carboxylic acids is 2. The van der Waals surface area contributed by atoms with E-state index in [4.69, 9.17) is 9.72 Å². The molecule has 46 heavy (non-hydrogen) atoms. The van der Waals surface area contributed by atoms with Gasteiger partial charge in [-0.2, -0.15) is 0 Å². The van der Waals surface area contributed by atoms with Crippen LogP contribution in [0.4, 0.5) is 5.69 Å². The highest BCUT2D eigenvalue weighted by Crippen LogP contribution is 2.30. The summed E-state index contributed by atoms with van der Waals surface area (Å²) in [5, 5.41) is 3.75. The van der Waals surface area contributed by atoms with E-state index in [1.807, 2.05) is 87.5 Å². The molecule has 2 amide bonds. The van der Waals surface area contributed by atoms with Crippen molar-refractivity contribution in [3.05, 3.63) is 130 Å². The lowest BCUT2D eigenvalue weighted by atomic mass is 10.0. The van der Waals surface area contributed by atoms with Crippen LogP contribution in [-0.4, -0.2) is 40.4 Å². The number of likely N-dealkylation sites (N-methyl/N-ethyl adjacent to an activating group) is 1. The third-order valence-electron chi connectivity index (χ3n) is 7.81. The number of hydrogen-bond donors (Lipinski definition) is 1. The molecule has 2 aromatic carbocycles. The lowest BCUT2D eigenvalue weighted by molar-refractivity contribution is -0.122. The van der Waals surface area contributed by atoms with E-state index >= 15 is 0 Å². The van der Waals surface area contributed by atoms with Crippen LogP contribution in [0, 0.1) is 27.7 Å². The molecule has 0 fully saturated rings. The summed E-state index contributed by atoms with van der Waals surface area (Å²) in [5.41, 5.74) is 9.07. The lowest BCUT2D eigenvalue weighted by Gasteiger charge is -2.23. The average molecular weight is 612 g/mol. The largest absolute Gasteiger partial charge is 0.487 e. The van der Waals surface area contributed by atoms with Crippen LogP contribution < -0.4 is 15.0 Å². The zero-order valence-electron chi connectivity index (χ0n) is 26.7. The molecule has 3 aromatic heterocycles. The van der Waals surface area contributed by atoms with Crippen LogP contribution in [0.3, 0.4) is 0 Å². The first-order chi connectivity index (χ1) is 22.2. The molecule has 1 N–H and O–H groups in total. The fourth-order valence-electron chi connectivity index (χ4n) is 5.19. The maximum Gasteiger partial charge on any atom is 0.246 e. The number of nitrogens with zero attached hydrogens (tertiary/aromatic N) is 4. The van der Waals surface area contributed by atoms with Gasteiger partial charge in [-0.15, -0.1) is 0 Å². The van der Waals surface area contributed by atoms with Crippen molar-refractivity contribution in [2.75, 3.05) is 18.5 Å². The first kappa shape index (κ1) is 31.8. The summed E-state index contributed by atoms with van der Waals surface area (Å²) in [6.45, 7) is 8.25. The summed E-state index contributed by atoms with van der Waals surface area (Å²) in [6.07, 6.45) is 10.2. The fraction of sp³-hybridized carbons (Fsp3) is 0.184. The number of rotatable bonds is 10. The van der Waals surface area contributed by atoms with Crippen molar-refractivity contribution in [2.24, 2.45) is 0 Å². The summed E-state index contributed by atoms with van der Waals surface area (Å²) in [5.74, 6) is 0.109. The lowest BCUT2D eigenvalue weighted by Crippen LogP contribution is -2.38. The highest BCUT2D eigenvalue weighted by atomic mass is 16.5. The van der Waals surface area contributed by atoms with Crippen LogP contribution in [0.1, 0.15) is 44.9 Å². The molecule has 3 heterocycles. The molecule has 0 aliphatic carbocycles. The molecule has 0 spiro atoms. The van der Waals surface area contributed by atoms with Gasteiger partial charge in [0.05, 0.1) is 17.9 Å². The van der Waals surface area contributed by atoms with Gasteiger partial charge in [-0.1, -0.05) is 30.3 Å². The van der Waals surface area contributed by atoms with Crippen molar-refractivity contribution in [3.63, 3.8) is 0 Å². The Morgan fingerprint density at radius 3 is 2.41 bits per heavy atom. The van der Waals surface area contributed by atoms with Gasteiger partial charge >= 0.3 is 0 Å². The van der Waals surface area contributed by atoms with Crippen LogP contribution in [0.25, 0.3) is 29.1 Å². The second-order valence-electron chi connectivity index (χ2n) is 11.1. The van der Waals surface area contributed by atoms with Gasteiger partial charge in [0, 0.05) is 42.3 Å². The predicted octanol–water partition coefficient (Wildman–Crippen LogP) is 6.80. The monoisotopic (exact) mass is 611 g/mol. The fourth-order valence-corrected chi connectivity index (χ4v) is 5.19. The van der Waals surface area contributed by atoms with Gasteiger partial charge in [0.1, 0.15) is 17.9 Å². The molecule has 0 bridgehead atoms. The van der Waals surface area contributed by atoms with Crippen LogP contribution in [0.5, 0.6) is 5.75 Å². The highest BCUT2D eigenvalue weighted by molar-refractivity contribution is 5.99. The third kappa shape index (κ3) is 7.71. The van der Waals surface area contributed by atoms with E-state index < -0.39 is 0 Å². The molecule has 0 saturated heterocycles. The number of aromatic nitrogens is 3. The molecule has 0 saturated carbocycles. The number of anilines is 1. The SMILES string of the molecule is Cc1cc(C)c2cccc(OCc3c(C)ccc(N(C)C(=O)CNC(=O)/C=C/c4ccc(/C=C/c5ccccn5)nc4)c3C)c2n1. The minimum atomic E-state index is -0.371. The Morgan fingerprint density at radius 2 is 1.67 bits per heavy atom. The Hall–Kier alpha value is -5.63. The van der Waals surface area contributed by atoms with Crippen molar-refractivity contribution in [3.8, 4) is 5.75 Å². The van der Waals surface area contributed by atoms with Crippen molar-refractivity contribution < 1.29 is 14.3 Å². The smallest absolute Gasteiger partial charge is 0.246 e. The highest BCUT2D eigenvalue weighted by Gasteiger charge is 2.17. The van der Waals surface area contributed by atoms with Gasteiger partial charge in [-0.05, 0) is 110 Å². The Bertz CT molecular complexity index is 1930. The topological polar surface area (TPSA) is 97.3 Å². The first-order valence-corrected chi connectivity index (χ1v) is 15.1. The predicted molar refractivity (Wildman–Crippen MR) is 184 cm³/mol. The second kappa shape index (κ2) is 14.4. The van der Waals surface area contributed by atoms with Gasteiger partial charge in [0.15, 0.2) is 0 Å². The number of hydrogen-bond acceptors (Lipinski definition) is 6. The van der Waals surface area contributed by atoms with Crippen LogP contribution in [0.2, 0.25) is 0 Å². The molecule has 8 heteroatoms. The zero-order valence-corrected chi connectivity index (χ0v) is 26.7. The molecule has 0 radical (unpaired) electrons. The van der Waals surface area contributed by atoms with E-state index in [1.54, 1.807) is 30.4 Å². The van der Waals surface area contributed by atoms with Gasteiger partial charge in [-0.25, -0.2) is 4.98 Å². The number of pyridine rings is 3. The second-order valence-corrected chi connectivity index (χ2v) is 11.1. The van der Waals surface area contributed by atoms with Crippen molar-refractivity contribution in [2.45, 2.75) is 34.3 Å². The summed E-state index contributed by atoms with van der Waals surface area (Å²) in [4.78, 5) is 40.5. The van der Waals surface area contributed by atoms with Gasteiger partial charge in [0.25, 0.3) is 0 Å². The molecule has 0 aliphatic rings. The number of ether oxygens (including phenoxy) is 1. The summed E-state index contributed by atoms with van der Waals surface area (Å²) in [7, 11) is 1.71. The average Bonchev–Trinajstić information content (AvgIpc) is 3.06. The number of benzene rings is 2. The Balaban J connectivity index is 1.18. The van der Waals surface area contributed by atoms with E-state index in [1.165, 1.54) is 6.08 Å². The maximum atomic E-state index is 13.1. The van der Waals surface area contributed by atoms with Crippen LogP contribution in [0.15, 0.2) is 85.2 Å². The van der Waals surface area contributed by atoms with E-state index in [9.17, 15) is 9.59 Å². The van der Waals surface area contributed by atoms with Crippen molar-refractivity contribution in [1.82, 2.24) is 20.3 Å². The summed E-state index contributed by atoms with van der Waals surface area (Å²) < 4.78 is 6.31. The van der Waals surface area contributed by atoms with Crippen molar-refractivity contribution in [1.29, 1.82) is 0 Å². The number of aryl methyl sites for hydroxylation is 3. The minimum absolute atomic E-state index is 0.144. The first-order valence-electron chi connectivity index (χ1n) is 15.1. The molecule has 0 aliphatic heterocycles. The Kier molecular flexibility index (Phi) is 9.97. The van der Waals surface area contributed by atoms with Crippen LogP contribution >= 0.6 is 0 Å². The minimum Gasteiger partial charge on any atom is -0.487 e. The van der Waals surface area contributed by atoms with Gasteiger partial charge in [0.2, 0.25) is 11.8 Å². The number of para-hydroxylation sites is 1. The molecule has 8 nitrogen and oxygen atoms in total. The third-order valence-corrected chi connectivity index (χ3v) is 7.81. The van der Waals surface area contributed by atoms with Gasteiger partial charge in [-0.3, -0.25) is 19.6 Å². The van der Waals surface area contributed by atoms with Gasteiger partial charge < -0.3 is 15.0 Å². The molecule has 5 aromatic rings. The Morgan fingerprint density at radius 1 is 0.870 bits per heavy atom. The summed E-state index contributed by atoms with van der Waals surface area (Å²) in [6, 6.07) is 21.4. The molecule has 232 valence electrons. The van der Waals surface area contributed by atoms with E-state index in [-0.39, 0.29) is 18.4 Å². The molecule has 0 unspecified atom stereocenters. The maximum absolute atomic E-state index is 13.1. The van der Waals surface area contributed by atoms with E-state index in [0.717, 1.165) is 67.2 Å². The Labute approximate surface area is 269 Å².